The minimum atomic E-state index is -0.729. The summed E-state index contributed by atoms with van der Waals surface area (Å²) in [6.45, 7) is 0.718. The summed E-state index contributed by atoms with van der Waals surface area (Å²) in [5.41, 5.74) is 0.607. The largest absolute Gasteiger partial charge is 0.395 e. The lowest BCUT2D eigenvalue weighted by Gasteiger charge is -2.11. The Balaban J connectivity index is 2.56. The standard InChI is InChI=1S/C10H14N2O4/c13-6-5-11-7-10(14)8-1-3-9(4-2-8)12(15)16/h1-4,10-11,13-14H,5-7H2/t10-/m0/s1. The molecule has 0 aliphatic rings. The second kappa shape index (κ2) is 6.16. The van der Waals surface area contributed by atoms with Gasteiger partial charge in [0.05, 0.1) is 17.6 Å². The Hall–Kier alpha value is -1.50. The van der Waals surface area contributed by atoms with E-state index in [2.05, 4.69) is 5.32 Å². The van der Waals surface area contributed by atoms with Gasteiger partial charge in [-0.15, -0.1) is 0 Å². The molecule has 0 aromatic heterocycles. The van der Waals surface area contributed by atoms with Gasteiger partial charge in [-0.25, -0.2) is 0 Å². The number of nitro groups is 1. The number of benzene rings is 1. The number of non-ortho nitro benzene ring substituents is 1. The molecule has 0 saturated carbocycles. The van der Waals surface area contributed by atoms with Crippen molar-refractivity contribution in [1.82, 2.24) is 5.32 Å². The molecule has 16 heavy (non-hydrogen) atoms. The normalized spacial score (nSPS) is 12.4. The molecule has 1 aromatic rings. The number of nitro benzene ring substituents is 1. The van der Waals surface area contributed by atoms with Crippen molar-refractivity contribution < 1.29 is 15.1 Å². The van der Waals surface area contributed by atoms with Crippen LogP contribution in [0.2, 0.25) is 0 Å². The Kier molecular flexibility index (Phi) is 4.84. The lowest BCUT2D eigenvalue weighted by Crippen LogP contribution is -2.24. The molecule has 0 aliphatic heterocycles. The van der Waals surface area contributed by atoms with E-state index < -0.39 is 11.0 Å². The fraction of sp³-hybridized carbons (Fsp3) is 0.400. The van der Waals surface area contributed by atoms with E-state index in [1.807, 2.05) is 0 Å². The highest BCUT2D eigenvalue weighted by atomic mass is 16.6. The molecule has 6 nitrogen and oxygen atoms in total. The van der Waals surface area contributed by atoms with Crippen LogP contribution in [0.25, 0.3) is 0 Å². The molecule has 0 radical (unpaired) electrons. The summed E-state index contributed by atoms with van der Waals surface area (Å²) < 4.78 is 0. The predicted octanol–water partition coefficient (Wildman–Crippen LogP) is 0.210. The van der Waals surface area contributed by atoms with Gasteiger partial charge in [-0.3, -0.25) is 10.1 Å². The van der Waals surface area contributed by atoms with E-state index in [1.165, 1.54) is 24.3 Å². The van der Waals surface area contributed by atoms with E-state index in [0.29, 0.717) is 18.7 Å². The first-order valence-electron chi connectivity index (χ1n) is 4.89. The SMILES string of the molecule is O=[N+]([O-])c1ccc([C@@H](O)CNCCO)cc1. The number of nitrogens with one attached hydrogen (secondary N) is 1. The van der Waals surface area contributed by atoms with Crippen LogP contribution in [-0.2, 0) is 0 Å². The fourth-order valence-electron chi connectivity index (χ4n) is 1.25. The van der Waals surface area contributed by atoms with E-state index in [9.17, 15) is 15.2 Å². The van der Waals surface area contributed by atoms with Gasteiger partial charge in [0.15, 0.2) is 0 Å². The minimum Gasteiger partial charge on any atom is -0.395 e. The van der Waals surface area contributed by atoms with Gasteiger partial charge in [-0.2, -0.15) is 0 Å². The average molecular weight is 226 g/mol. The van der Waals surface area contributed by atoms with Crippen LogP contribution in [0, 0.1) is 10.1 Å². The molecule has 0 bridgehead atoms. The number of rotatable bonds is 6. The maximum absolute atomic E-state index is 10.4. The zero-order valence-corrected chi connectivity index (χ0v) is 8.67. The molecule has 0 unspecified atom stereocenters. The maximum Gasteiger partial charge on any atom is 0.269 e. The van der Waals surface area contributed by atoms with Crippen molar-refractivity contribution >= 4 is 5.69 Å². The molecular weight excluding hydrogens is 212 g/mol. The molecule has 0 fully saturated rings. The zero-order chi connectivity index (χ0) is 12.0. The van der Waals surface area contributed by atoms with Crippen LogP contribution in [0.1, 0.15) is 11.7 Å². The first kappa shape index (κ1) is 12.6. The number of aliphatic hydroxyl groups excluding tert-OH is 2. The van der Waals surface area contributed by atoms with Crippen molar-refractivity contribution in [3.63, 3.8) is 0 Å². The van der Waals surface area contributed by atoms with E-state index in [-0.39, 0.29) is 12.3 Å². The van der Waals surface area contributed by atoms with Gasteiger partial charge in [0.1, 0.15) is 0 Å². The first-order chi connectivity index (χ1) is 7.65. The number of hydrogen-bond donors (Lipinski definition) is 3. The molecule has 1 aromatic carbocycles. The van der Waals surface area contributed by atoms with Crippen LogP contribution in [0.15, 0.2) is 24.3 Å². The summed E-state index contributed by atoms with van der Waals surface area (Å²) in [5, 5.41) is 31.4. The van der Waals surface area contributed by atoms with Crippen LogP contribution < -0.4 is 5.32 Å². The Morgan fingerprint density at radius 1 is 1.38 bits per heavy atom. The van der Waals surface area contributed by atoms with Gasteiger partial charge in [-0.1, -0.05) is 0 Å². The molecule has 6 heteroatoms. The fourth-order valence-corrected chi connectivity index (χ4v) is 1.25. The van der Waals surface area contributed by atoms with Gasteiger partial charge in [0.2, 0.25) is 0 Å². The third kappa shape index (κ3) is 3.58. The Labute approximate surface area is 92.7 Å². The second-order valence-corrected chi connectivity index (χ2v) is 3.29. The van der Waals surface area contributed by atoms with Crippen molar-refractivity contribution in [2.45, 2.75) is 6.10 Å². The molecule has 3 N–H and O–H groups in total. The zero-order valence-electron chi connectivity index (χ0n) is 8.67. The number of hydrogen-bond acceptors (Lipinski definition) is 5. The van der Waals surface area contributed by atoms with Crippen LogP contribution in [0.5, 0.6) is 0 Å². The van der Waals surface area contributed by atoms with E-state index in [0.717, 1.165) is 0 Å². The van der Waals surface area contributed by atoms with Gasteiger partial charge < -0.3 is 15.5 Å². The smallest absolute Gasteiger partial charge is 0.269 e. The van der Waals surface area contributed by atoms with E-state index in [1.54, 1.807) is 0 Å². The highest BCUT2D eigenvalue weighted by molar-refractivity contribution is 5.33. The van der Waals surface area contributed by atoms with Gasteiger partial charge >= 0.3 is 0 Å². The molecular formula is C10H14N2O4. The summed E-state index contributed by atoms with van der Waals surface area (Å²) >= 11 is 0. The average Bonchev–Trinajstić information content (AvgIpc) is 2.29. The molecule has 1 atom stereocenters. The molecule has 0 spiro atoms. The van der Waals surface area contributed by atoms with Crippen LogP contribution in [0.3, 0.4) is 0 Å². The molecule has 0 amide bonds. The van der Waals surface area contributed by atoms with Crippen LogP contribution in [-0.4, -0.2) is 34.8 Å². The van der Waals surface area contributed by atoms with Crippen molar-refractivity contribution in [2.24, 2.45) is 0 Å². The van der Waals surface area contributed by atoms with Crippen molar-refractivity contribution in [3.8, 4) is 0 Å². The Morgan fingerprint density at radius 2 is 2.00 bits per heavy atom. The first-order valence-corrected chi connectivity index (χ1v) is 4.89. The van der Waals surface area contributed by atoms with Crippen molar-refractivity contribution in [3.05, 3.63) is 39.9 Å². The van der Waals surface area contributed by atoms with Gasteiger partial charge in [0, 0.05) is 25.2 Å². The summed E-state index contributed by atoms with van der Waals surface area (Å²) in [4.78, 5) is 9.91. The molecule has 88 valence electrons. The van der Waals surface area contributed by atoms with Crippen LogP contribution >= 0.6 is 0 Å². The monoisotopic (exact) mass is 226 g/mol. The summed E-state index contributed by atoms with van der Waals surface area (Å²) in [6.07, 6.45) is -0.729. The van der Waals surface area contributed by atoms with Crippen molar-refractivity contribution in [2.75, 3.05) is 19.7 Å². The molecule has 0 saturated heterocycles. The number of nitrogens with zero attached hydrogens (tertiary/aromatic N) is 1. The summed E-state index contributed by atoms with van der Waals surface area (Å²) in [6, 6.07) is 5.74. The van der Waals surface area contributed by atoms with Gasteiger partial charge in [-0.05, 0) is 17.7 Å². The third-order valence-corrected chi connectivity index (χ3v) is 2.11. The maximum atomic E-state index is 10.4. The van der Waals surface area contributed by atoms with Crippen LogP contribution in [0.4, 0.5) is 5.69 Å². The predicted molar refractivity (Wildman–Crippen MR) is 58.0 cm³/mol. The summed E-state index contributed by atoms with van der Waals surface area (Å²) in [5.74, 6) is 0. The van der Waals surface area contributed by atoms with E-state index in [4.69, 9.17) is 5.11 Å². The Morgan fingerprint density at radius 3 is 2.50 bits per heavy atom. The molecule has 0 heterocycles. The Bertz CT molecular complexity index is 339. The summed E-state index contributed by atoms with van der Waals surface area (Å²) in [7, 11) is 0. The number of aliphatic hydroxyl groups is 2. The minimum absolute atomic E-state index is 0.000678. The van der Waals surface area contributed by atoms with E-state index >= 15 is 0 Å². The lowest BCUT2D eigenvalue weighted by molar-refractivity contribution is -0.384. The topological polar surface area (TPSA) is 95.6 Å². The third-order valence-electron chi connectivity index (χ3n) is 2.11. The van der Waals surface area contributed by atoms with Crippen molar-refractivity contribution in [1.29, 1.82) is 0 Å². The van der Waals surface area contributed by atoms with Gasteiger partial charge in [0.25, 0.3) is 5.69 Å². The second-order valence-electron chi connectivity index (χ2n) is 3.29. The molecule has 0 aliphatic carbocycles. The quantitative estimate of drug-likeness (QED) is 0.366. The molecule has 1 rings (SSSR count). The lowest BCUT2D eigenvalue weighted by atomic mass is 10.1. The highest BCUT2D eigenvalue weighted by Crippen LogP contribution is 2.16. The highest BCUT2D eigenvalue weighted by Gasteiger charge is 2.09.